The van der Waals surface area contributed by atoms with Gasteiger partial charge in [0.2, 0.25) is 15.9 Å². The summed E-state index contributed by atoms with van der Waals surface area (Å²) in [5, 5.41) is 8.34. The van der Waals surface area contributed by atoms with Gasteiger partial charge in [0.15, 0.2) is 0 Å². The van der Waals surface area contributed by atoms with Crippen LogP contribution in [0.1, 0.15) is 6.42 Å². The maximum Gasteiger partial charge on any atom is 0.276 e. The van der Waals surface area contributed by atoms with Crippen molar-refractivity contribution in [2.45, 2.75) is 11.6 Å². The van der Waals surface area contributed by atoms with Gasteiger partial charge in [-0.15, -0.1) is 10.2 Å². The van der Waals surface area contributed by atoms with Crippen LogP contribution in [0.15, 0.2) is 40.0 Å². The first-order valence-electron chi connectivity index (χ1n) is 6.04. The van der Waals surface area contributed by atoms with Gasteiger partial charge in [0.1, 0.15) is 0 Å². The highest BCUT2D eigenvalue weighted by atomic mass is 32.2. The van der Waals surface area contributed by atoms with Crippen molar-refractivity contribution < 1.29 is 12.8 Å². The zero-order chi connectivity index (χ0) is 14.4. The lowest BCUT2D eigenvalue weighted by atomic mass is 10.2. The van der Waals surface area contributed by atoms with Crippen LogP contribution in [0, 0.1) is 0 Å². The van der Waals surface area contributed by atoms with Crippen LogP contribution in [-0.2, 0) is 10.0 Å². The normalized spacial score (nSPS) is 11.7. The largest absolute Gasteiger partial charge is 0.411 e. The molecule has 0 unspecified atom stereocenters. The molecule has 0 bridgehead atoms. The van der Waals surface area contributed by atoms with Crippen LogP contribution >= 0.6 is 11.8 Å². The van der Waals surface area contributed by atoms with Crippen molar-refractivity contribution >= 4 is 21.8 Å². The van der Waals surface area contributed by atoms with Crippen LogP contribution in [0.4, 0.5) is 0 Å². The van der Waals surface area contributed by atoms with E-state index in [2.05, 4.69) is 14.9 Å². The fraction of sp³-hybridized carbons (Fsp3) is 0.333. The SMILES string of the molecule is CNS(=O)(=O)CCCSc1nnc(-c2ccccc2)o1. The van der Waals surface area contributed by atoms with Gasteiger partial charge in [0.25, 0.3) is 5.22 Å². The Morgan fingerprint density at radius 3 is 2.70 bits per heavy atom. The molecule has 1 heterocycles. The highest BCUT2D eigenvalue weighted by Gasteiger charge is 2.10. The number of aromatic nitrogens is 2. The van der Waals surface area contributed by atoms with E-state index in [4.69, 9.17) is 4.42 Å². The number of sulfonamides is 1. The number of benzene rings is 1. The standard InChI is InChI=1S/C12H15N3O3S2/c1-13-20(16,17)9-5-8-19-12-15-14-11(18-12)10-6-3-2-4-7-10/h2-4,6-7,13H,5,8-9H2,1H3. The molecule has 0 aliphatic carbocycles. The smallest absolute Gasteiger partial charge is 0.276 e. The third-order valence-corrected chi connectivity index (χ3v) is 4.87. The predicted molar refractivity (Wildman–Crippen MR) is 77.9 cm³/mol. The summed E-state index contributed by atoms with van der Waals surface area (Å²) in [5.41, 5.74) is 0.865. The van der Waals surface area contributed by atoms with Crippen LogP contribution in [0.25, 0.3) is 11.5 Å². The molecule has 1 aromatic carbocycles. The van der Waals surface area contributed by atoms with Gasteiger partial charge in [-0.25, -0.2) is 13.1 Å². The van der Waals surface area contributed by atoms with Crippen LogP contribution in [0.3, 0.4) is 0 Å². The molecule has 8 heteroatoms. The highest BCUT2D eigenvalue weighted by Crippen LogP contribution is 2.23. The van der Waals surface area contributed by atoms with Crippen LogP contribution in [0.5, 0.6) is 0 Å². The first-order chi connectivity index (χ1) is 9.61. The molecule has 0 atom stereocenters. The van der Waals surface area contributed by atoms with Crippen molar-refractivity contribution in [3.05, 3.63) is 30.3 Å². The Morgan fingerprint density at radius 2 is 2.00 bits per heavy atom. The summed E-state index contributed by atoms with van der Waals surface area (Å²) < 4.78 is 30.2. The lowest BCUT2D eigenvalue weighted by Crippen LogP contribution is -2.22. The summed E-state index contributed by atoms with van der Waals surface area (Å²) in [6.45, 7) is 0. The van der Waals surface area contributed by atoms with E-state index < -0.39 is 10.0 Å². The Hall–Kier alpha value is -1.38. The van der Waals surface area contributed by atoms with Gasteiger partial charge in [-0.2, -0.15) is 0 Å². The summed E-state index contributed by atoms with van der Waals surface area (Å²) in [5.74, 6) is 1.17. The van der Waals surface area contributed by atoms with Gasteiger partial charge in [0, 0.05) is 11.3 Å². The fourth-order valence-electron chi connectivity index (χ4n) is 1.48. The Kier molecular flexibility index (Phi) is 5.16. The van der Waals surface area contributed by atoms with E-state index in [0.29, 0.717) is 23.3 Å². The lowest BCUT2D eigenvalue weighted by Gasteiger charge is -2.00. The highest BCUT2D eigenvalue weighted by molar-refractivity contribution is 7.99. The van der Waals surface area contributed by atoms with Gasteiger partial charge in [0.05, 0.1) is 5.75 Å². The van der Waals surface area contributed by atoms with E-state index >= 15 is 0 Å². The van der Waals surface area contributed by atoms with E-state index in [-0.39, 0.29) is 5.75 Å². The van der Waals surface area contributed by atoms with Gasteiger partial charge in [-0.1, -0.05) is 30.0 Å². The fourth-order valence-corrected chi connectivity index (χ4v) is 3.09. The number of hydrogen-bond acceptors (Lipinski definition) is 6. The van der Waals surface area contributed by atoms with E-state index in [0.717, 1.165) is 5.56 Å². The minimum Gasteiger partial charge on any atom is -0.411 e. The maximum atomic E-state index is 11.2. The molecule has 0 fully saturated rings. The lowest BCUT2D eigenvalue weighted by molar-refractivity contribution is 0.466. The van der Waals surface area contributed by atoms with Gasteiger partial charge < -0.3 is 4.42 Å². The molecule has 0 aliphatic rings. The van der Waals surface area contributed by atoms with E-state index in [1.807, 2.05) is 30.3 Å². The average molecular weight is 313 g/mol. The number of thioether (sulfide) groups is 1. The van der Waals surface area contributed by atoms with Gasteiger partial charge >= 0.3 is 0 Å². The van der Waals surface area contributed by atoms with E-state index in [1.54, 1.807) is 0 Å². The van der Waals surface area contributed by atoms with Crippen molar-refractivity contribution in [3.8, 4) is 11.5 Å². The molecule has 0 aliphatic heterocycles. The van der Waals surface area contributed by atoms with Crippen LogP contribution in [-0.4, -0.2) is 37.2 Å². The quantitative estimate of drug-likeness (QED) is 0.619. The van der Waals surface area contributed by atoms with E-state index in [1.165, 1.54) is 18.8 Å². The van der Waals surface area contributed by atoms with Crippen LogP contribution in [0.2, 0.25) is 0 Å². The molecule has 2 aromatic rings. The summed E-state index contributed by atoms with van der Waals surface area (Å²) in [6.07, 6.45) is 0.525. The molecule has 2 rings (SSSR count). The molecule has 0 amide bonds. The zero-order valence-electron chi connectivity index (χ0n) is 10.9. The Bertz CT molecular complexity index is 641. The molecule has 6 nitrogen and oxygen atoms in total. The first-order valence-corrected chi connectivity index (χ1v) is 8.67. The van der Waals surface area contributed by atoms with Crippen molar-refractivity contribution in [1.29, 1.82) is 0 Å². The second-order valence-electron chi connectivity index (χ2n) is 3.96. The van der Waals surface area contributed by atoms with Gasteiger partial charge in [-0.3, -0.25) is 0 Å². The van der Waals surface area contributed by atoms with Crippen LogP contribution < -0.4 is 4.72 Å². The predicted octanol–water partition coefficient (Wildman–Crippen LogP) is 1.77. The first kappa shape index (κ1) is 15.0. The third kappa shape index (κ3) is 4.32. The minimum absolute atomic E-state index is 0.0934. The molecule has 0 spiro atoms. The average Bonchev–Trinajstić information content (AvgIpc) is 2.93. The molecule has 20 heavy (non-hydrogen) atoms. The second kappa shape index (κ2) is 6.87. The molecular formula is C12H15N3O3S2. The van der Waals surface area contributed by atoms with E-state index in [9.17, 15) is 8.42 Å². The summed E-state index contributed by atoms with van der Waals surface area (Å²) in [6, 6.07) is 9.49. The minimum atomic E-state index is -3.14. The molecule has 0 saturated carbocycles. The van der Waals surface area contributed by atoms with Gasteiger partial charge in [-0.05, 0) is 25.6 Å². The molecule has 1 N–H and O–H groups in total. The monoisotopic (exact) mass is 313 g/mol. The molecule has 1 aromatic heterocycles. The van der Waals surface area contributed by atoms with Crippen molar-refractivity contribution in [2.24, 2.45) is 0 Å². The third-order valence-electron chi connectivity index (χ3n) is 2.52. The summed E-state index contributed by atoms with van der Waals surface area (Å²) >= 11 is 1.35. The Morgan fingerprint density at radius 1 is 1.25 bits per heavy atom. The maximum absolute atomic E-state index is 11.2. The summed E-state index contributed by atoms with van der Waals surface area (Å²) in [4.78, 5) is 0. The number of rotatable bonds is 7. The van der Waals surface area contributed by atoms with Crippen molar-refractivity contribution in [2.75, 3.05) is 18.6 Å². The number of hydrogen-bond donors (Lipinski definition) is 1. The van der Waals surface area contributed by atoms with Crippen molar-refractivity contribution in [1.82, 2.24) is 14.9 Å². The Balaban J connectivity index is 1.85. The Labute approximate surface area is 122 Å². The number of nitrogens with zero attached hydrogens (tertiary/aromatic N) is 2. The summed E-state index contributed by atoms with van der Waals surface area (Å²) in [7, 11) is -1.73. The van der Waals surface area contributed by atoms with Crippen molar-refractivity contribution in [3.63, 3.8) is 0 Å². The molecular weight excluding hydrogens is 298 g/mol. The number of nitrogens with one attached hydrogen (secondary N) is 1. The molecule has 108 valence electrons. The topological polar surface area (TPSA) is 85.1 Å². The zero-order valence-corrected chi connectivity index (χ0v) is 12.6. The second-order valence-corrected chi connectivity index (χ2v) is 7.06. The molecule has 0 radical (unpaired) electrons. The molecule has 0 saturated heterocycles.